The van der Waals surface area contributed by atoms with E-state index in [0.29, 0.717) is 24.6 Å². The number of pyridine rings is 1. The summed E-state index contributed by atoms with van der Waals surface area (Å²) in [5.41, 5.74) is 3.86. The van der Waals surface area contributed by atoms with Crippen molar-refractivity contribution >= 4 is 22.6 Å². The number of fused-ring (bicyclic) bond motifs is 1. The van der Waals surface area contributed by atoms with Crippen molar-refractivity contribution < 1.29 is 9.53 Å². The van der Waals surface area contributed by atoms with Crippen LogP contribution in [0.4, 0.5) is 5.82 Å². The summed E-state index contributed by atoms with van der Waals surface area (Å²) in [6.45, 7) is 1.29. The van der Waals surface area contributed by atoms with Gasteiger partial charge in [-0.3, -0.25) is 4.79 Å². The molecule has 1 aromatic carbocycles. The summed E-state index contributed by atoms with van der Waals surface area (Å²) in [6.07, 6.45) is 0.868. The number of nitrogens with two attached hydrogens (primary N) is 1. The molecule has 6 nitrogen and oxygen atoms in total. The number of hydrogen-bond donors (Lipinski definition) is 2. The van der Waals surface area contributed by atoms with Crippen LogP contribution in [0, 0.1) is 0 Å². The molecule has 1 fully saturated rings. The number of hydrogen-bond acceptors (Lipinski definition) is 5. The van der Waals surface area contributed by atoms with E-state index >= 15 is 0 Å². The molecule has 1 aromatic heterocycles. The summed E-state index contributed by atoms with van der Waals surface area (Å²) < 4.78 is 5.36. The largest absolute Gasteiger partial charge is 0.379 e. The number of benzene rings is 1. The Morgan fingerprint density at radius 3 is 3.00 bits per heavy atom. The zero-order valence-electron chi connectivity index (χ0n) is 11.9. The van der Waals surface area contributed by atoms with Gasteiger partial charge in [-0.05, 0) is 18.6 Å². The van der Waals surface area contributed by atoms with Crippen LogP contribution >= 0.6 is 0 Å². The lowest BCUT2D eigenvalue weighted by molar-refractivity contribution is 0.0713. The van der Waals surface area contributed by atoms with Gasteiger partial charge in [-0.2, -0.15) is 0 Å². The zero-order valence-corrected chi connectivity index (χ0v) is 11.9. The molecule has 0 bridgehead atoms. The SMILES string of the molecule is CN(C(=O)c1cc(NN)nc2ccccc12)C1CCOC1. The van der Waals surface area contributed by atoms with E-state index in [0.717, 1.165) is 17.3 Å². The molecule has 6 heteroatoms. The van der Waals surface area contributed by atoms with Gasteiger partial charge in [-0.15, -0.1) is 0 Å². The highest BCUT2D eigenvalue weighted by molar-refractivity contribution is 6.07. The van der Waals surface area contributed by atoms with Crippen LogP contribution in [0.25, 0.3) is 10.9 Å². The van der Waals surface area contributed by atoms with Crippen molar-refractivity contribution in [2.24, 2.45) is 5.84 Å². The smallest absolute Gasteiger partial charge is 0.254 e. The van der Waals surface area contributed by atoms with Crippen molar-refractivity contribution in [3.63, 3.8) is 0 Å². The Kier molecular flexibility index (Phi) is 3.72. The first-order valence-electron chi connectivity index (χ1n) is 6.92. The second-order valence-electron chi connectivity index (χ2n) is 5.15. The molecular weight excluding hydrogens is 268 g/mol. The van der Waals surface area contributed by atoms with E-state index in [4.69, 9.17) is 10.6 Å². The van der Waals surface area contributed by atoms with Crippen molar-refractivity contribution in [2.45, 2.75) is 12.5 Å². The predicted octanol–water partition coefficient (Wildman–Crippen LogP) is 1.38. The van der Waals surface area contributed by atoms with Gasteiger partial charge in [-0.1, -0.05) is 18.2 Å². The van der Waals surface area contributed by atoms with E-state index in [2.05, 4.69) is 10.4 Å². The van der Waals surface area contributed by atoms with Crippen molar-refractivity contribution in [1.82, 2.24) is 9.88 Å². The van der Waals surface area contributed by atoms with Gasteiger partial charge < -0.3 is 15.1 Å². The Bertz CT molecular complexity index is 668. The number of ether oxygens (including phenoxy) is 1. The maximum Gasteiger partial charge on any atom is 0.254 e. The van der Waals surface area contributed by atoms with Crippen LogP contribution in [0.2, 0.25) is 0 Å². The van der Waals surface area contributed by atoms with E-state index in [1.807, 2.05) is 31.3 Å². The van der Waals surface area contributed by atoms with Crippen LogP contribution in [0.1, 0.15) is 16.8 Å². The van der Waals surface area contributed by atoms with E-state index < -0.39 is 0 Å². The number of nitrogens with one attached hydrogen (secondary N) is 1. The molecule has 1 atom stereocenters. The topological polar surface area (TPSA) is 80.5 Å². The Balaban J connectivity index is 2.03. The third kappa shape index (κ3) is 2.55. The van der Waals surface area contributed by atoms with Crippen molar-refractivity contribution in [3.8, 4) is 0 Å². The maximum atomic E-state index is 12.8. The number of rotatable bonds is 3. The molecule has 1 unspecified atom stereocenters. The zero-order chi connectivity index (χ0) is 14.8. The molecule has 2 aromatic rings. The lowest BCUT2D eigenvalue weighted by Crippen LogP contribution is -2.37. The number of nitrogens with zero attached hydrogens (tertiary/aromatic N) is 2. The van der Waals surface area contributed by atoms with Gasteiger partial charge in [0, 0.05) is 19.0 Å². The lowest BCUT2D eigenvalue weighted by Gasteiger charge is -2.24. The van der Waals surface area contributed by atoms with Crippen LogP contribution < -0.4 is 11.3 Å². The van der Waals surface area contributed by atoms with Crippen molar-refractivity contribution in [2.75, 3.05) is 25.7 Å². The molecule has 21 heavy (non-hydrogen) atoms. The van der Waals surface area contributed by atoms with E-state index in [1.54, 1.807) is 11.0 Å². The first kappa shape index (κ1) is 13.8. The molecule has 2 heterocycles. The monoisotopic (exact) mass is 286 g/mol. The van der Waals surface area contributed by atoms with E-state index in [1.165, 1.54) is 0 Å². The number of anilines is 1. The third-order valence-electron chi connectivity index (χ3n) is 3.87. The Labute approximate surface area is 122 Å². The summed E-state index contributed by atoms with van der Waals surface area (Å²) in [5.74, 6) is 5.89. The molecule has 0 aliphatic carbocycles. The van der Waals surface area contributed by atoms with Gasteiger partial charge in [0.2, 0.25) is 0 Å². The third-order valence-corrected chi connectivity index (χ3v) is 3.87. The van der Waals surface area contributed by atoms with Gasteiger partial charge in [-0.25, -0.2) is 10.8 Å². The van der Waals surface area contributed by atoms with Crippen LogP contribution in [-0.4, -0.2) is 42.1 Å². The van der Waals surface area contributed by atoms with Crippen LogP contribution in [0.15, 0.2) is 30.3 Å². The number of likely N-dealkylation sites (N-methyl/N-ethyl adjacent to an activating group) is 1. The fourth-order valence-corrected chi connectivity index (χ4v) is 2.61. The molecule has 3 N–H and O–H groups in total. The number of carbonyl (C=O) groups excluding carboxylic acids is 1. The van der Waals surface area contributed by atoms with Gasteiger partial charge in [0.05, 0.1) is 23.7 Å². The van der Waals surface area contributed by atoms with E-state index in [9.17, 15) is 4.79 Å². The molecule has 110 valence electrons. The number of para-hydroxylation sites is 1. The van der Waals surface area contributed by atoms with Gasteiger partial charge >= 0.3 is 0 Å². The second kappa shape index (κ2) is 5.67. The molecule has 3 rings (SSSR count). The quantitative estimate of drug-likeness (QED) is 0.658. The highest BCUT2D eigenvalue weighted by Gasteiger charge is 2.26. The van der Waals surface area contributed by atoms with Crippen LogP contribution in [0.5, 0.6) is 0 Å². The van der Waals surface area contributed by atoms with Crippen LogP contribution in [0.3, 0.4) is 0 Å². The Hall–Kier alpha value is -2.18. The minimum atomic E-state index is -0.0411. The maximum absolute atomic E-state index is 12.8. The highest BCUT2D eigenvalue weighted by Crippen LogP contribution is 2.23. The molecule has 1 aliphatic heterocycles. The van der Waals surface area contributed by atoms with Crippen molar-refractivity contribution in [3.05, 3.63) is 35.9 Å². The number of amides is 1. The molecule has 1 aliphatic rings. The summed E-state index contributed by atoms with van der Waals surface area (Å²) in [4.78, 5) is 18.9. The summed E-state index contributed by atoms with van der Waals surface area (Å²) in [6, 6.07) is 9.36. The Morgan fingerprint density at radius 2 is 2.29 bits per heavy atom. The fraction of sp³-hybridized carbons (Fsp3) is 0.333. The predicted molar refractivity (Wildman–Crippen MR) is 80.9 cm³/mol. The standard InChI is InChI=1S/C15H18N4O2/c1-19(10-6-7-21-9-10)15(20)12-8-14(18-16)17-13-5-3-2-4-11(12)13/h2-5,8,10H,6-7,9,16H2,1H3,(H,17,18). The molecular formula is C15H18N4O2. The summed E-state index contributed by atoms with van der Waals surface area (Å²) in [7, 11) is 1.81. The minimum Gasteiger partial charge on any atom is -0.379 e. The highest BCUT2D eigenvalue weighted by atomic mass is 16.5. The first-order chi connectivity index (χ1) is 10.2. The average Bonchev–Trinajstić information content (AvgIpc) is 3.06. The number of carbonyl (C=O) groups is 1. The molecule has 0 spiro atoms. The van der Waals surface area contributed by atoms with Gasteiger partial charge in [0.25, 0.3) is 5.91 Å². The normalized spacial score (nSPS) is 17.9. The number of aromatic nitrogens is 1. The molecule has 1 saturated heterocycles. The van der Waals surface area contributed by atoms with Gasteiger partial charge in [0.1, 0.15) is 5.82 Å². The fourth-order valence-electron chi connectivity index (χ4n) is 2.61. The number of hydrazine groups is 1. The van der Waals surface area contributed by atoms with Crippen molar-refractivity contribution in [1.29, 1.82) is 0 Å². The lowest BCUT2D eigenvalue weighted by atomic mass is 10.1. The second-order valence-corrected chi connectivity index (χ2v) is 5.15. The van der Waals surface area contributed by atoms with E-state index in [-0.39, 0.29) is 11.9 Å². The summed E-state index contributed by atoms with van der Waals surface area (Å²) in [5, 5.41) is 0.826. The molecule has 0 saturated carbocycles. The first-order valence-corrected chi connectivity index (χ1v) is 6.92. The Morgan fingerprint density at radius 1 is 1.48 bits per heavy atom. The molecule has 0 radical (unpaired) electrons. The summed E-state index contributed by atoms with van der Waals surface area (Å²) >= 11 is 0. The van der Waals surface area contributed by atoms with Gasteiger partial charge in [0.15, 0.2) is 0 Å². The minimum absolute atomic E-state index is 0.0411. The average molecular weight is 286 g/mol. The number of nitrogen functional groups attached to an aromatic ring is 1. The van der Waals surface area contributed by atoms with Crippen LogP contribution in [-0.2, 0) is 4.74 Å². The molecule has 1 amide bonds.